The molecule has 0 saturated heterocycles. The minimum atomic E-state index is -0.101. The van der Waals surface area contributed by atoms with Crippen molar-refractivity contribution in [1.29, 1.82) is 0 Å². The van der Waals surface area contributed by atoms with Gasteiger partial charge in [-0.25, -0.2) is 0 Å². The van der Waals surface area contributed by atoms with E-state index < -0.39 is 0 Å². The monoisotopic (exact) mass is 491 g/mol. The summed E-state index contributed by atoms with van der Waals surface area (Å²) < 4.78 is 0. The summed E-state index contributed by atoms with van der Waals surface area (Å²) in [6.45, 7) is 8.66. The first-order valence-corrected chi connectivity index (χ1v) is 15.1. The third kappa shape index (κ3) is 25.5. The van der Waals surface area contributed by atoms with E-state index in [0.717, 1.165) is 64.5 Å². The second-order valence-corrected chi connectivity index (χ2v) is 10.4. The van der Waals surface area contributed by atoms with Crippen LogP contribution in [0.25, 0.3) is 0 Å². The number of hydrogen-bond donors (Lipinski definition) is 1. The molecule has 1 atom stereocenters. The fourth-order valence-electron chi connectivity index (χ4n) is 4.65. The molecule has 0 heterocycles. The van der Waals surface area contributed by atoms with Crippen molar-refractivity contribution in [3.8, 4) is 0 Å². The van der Waals surface area contributed by atoms with Gasteiger partial charge in [0.1, 0.15) is 0 Å². The topological polar surface area (TPSA) is 40.5 Å². The van der Waals surface area contributed by atoms with E-state index in [4.69, 9.17) is 0 Å². The molecule has 0 fully saturated rings. The molecule has 0 aromatic rings. The van der Waals surface area contributed by atoms with Crippen LogP contribution in [-0.2, 0) is 4.79 Å². The van der Waals surface area contributed by atoms with Crippen LogP contribution in [0.3, 0.4) is 0 Å². The number of amides is 1. The quantitative estimate of drug-likeness (QED) is 0.114. The number of hydrogen-bond acceptors (Lipinski definition) is 2. The van der Waals surface area contributed by atoms with Gasteiger partial charge in [0.2, 0.25) is 5.91 Å². The van der Waals surface area contributed by atoms with Crippen LogP contribution >= 0.6 is 0 Å². The normalized spacial score (nSPS) is 11.9. The van der Waals surface area contributed by atoms with Crippen molar-refractivity contribution in [2.24, 2.45) is 0 Å². The Morgan fingerprint density at radius 2 is 0.941 bits per heavy atom. The van der Waals surface area contributed by atoms with Crippen molar-refractivity contribution >= 4 is 5.91 Å². The zero-order valence-corrected chi connectivity index (χ0v) is 26.1. The third-order valence-electron chi connectivity index (χ3n) is 6.98. The average molecular weight is 492 g/mol. The van der Waals surface area contributed by atoms with Gasteiger partial charge in [-0.05, 0) is 32.1 Å². The molecule has 0 bridgehead atoms. The minimum absolute atomic E-state index is 0. The molecular formula is C30H62NNaO2. The van der Waals surface area contributed by atoms with Gasteiger partial charge in [-0.1, -0.05) is 130 Å². The molecule has 1 amide bonds. The first kappa shape index (κ1) is 36.6. The maximum absolute atomic E-state index is 12.7. The summed E-state index contributed by atoms with van der Waals surface area (Å²) in [5.41, 5.74) is 0. The van der Waals surface area contributed by atoms with Gasteiger partial charge in [0, 0.05) is 19.5 Å². The van der Waals surface area contributed by atoms with Crippen LogP contribution in [-0.4, -0.2) is 35.1 Å². The number of aliphatic hydroxyl groups is 1. The Bertz CT molecular complexity index is 400. The van der Waals surface area contributed by atoms with Crippen molar-refractivity contribution in [3.05, 3.63) is 0 Å². The predicted molar refractivity (Wildman–Crippen MR) is 147 cm³/mol. The van der Waals surface area contributed by atoms with E-state index in [-0.39, 0.29) is 37.1 Å². The Morgan fingerprint density at radius 1 is 0.588 bits per heavy atom. The molecule has 200 valence electrons. The van der Waals surface area contributed by atoms with Crippen molar-refractivity contribution < 1.29 is 40.9 Å². The van der Waals surface area contributed by atoms with Gasteiger partial charge in [-0.15, -0.1) is 0 Å². The maximum Gasteiger partial charge on any atom is 1.00 e. The SMILES string of the molecule is CCCCCCCCCC(O)CCCCCCCC(=O)N(CCCCCC)CCCCCC.[H-].[Na+]. The minimum Gasteiger partial charge on any atom is -1.00 e. The van der Waals surface area contributed by atoms with E-state index in [1.807, 2.05) is 0 Å². The van der Waals surface area contributed by atoms with Crippen molar-refractivity contribution in [2.75, 3.05) is 13.1 Å². The Hall–Kier alpha value is 0.430. The average Bonchev–Trinajstić information content (AvgIpc) is 2.81. The Kier molecular flexibility index (Phi) is 31.9. The Labute approximate surface area is 238 Å². The first-order chi connectivity index (χ1) is 16.2. The maximum atomic E-state index is 12.7. The molecule has 4 heteroatoms. The van der Waals surface area contributed by atoms with Gasteiger partial charge in [0.05, 0.1) is 6.10 Å². The van der Waals surface area contributed by atoms with E-state index in [1.165, 1.54) is 96.3 Å². The number of carbonyl (C=O) groups is 1. The van der Waals surface area contributed by atoms with Crippen LogP contribution in [0.2, 0.25) is 0 Å². The molecule has 0 aliphatic heterocycles. The van der Waals surface area contributed by atoms with Crippen LogP contribution < -0.4 is 29.6 Å². The summed E-state index contributed by atoms with van der Waals surface area (Å²) in [5, 5.41) is 10.2. The largest absolute Gasteiger partial charge is 1.00 e. The molecule has 0 aromatic heterocycles. The van der Waals surface area contributed by atoms with E-state index in [0.29, 0.717) is 5.91 Å². The number of aliphatic hydroxyl groups excluding tert-OH is 1. The molecule has 0 rings (SSSR count). The van der Waals surface area contributed by atoms with Gasteiger partial charge in [0.25, 0.3) is 0 Å². The molecule has 0 aromatic carbocycles. The summed E-state index contributed by atoms with van der Waals surface area (Å²) in [7, 11) is 0. The van der Waals surface area contributed by atoms with E-state index in [1.54, 1.807) is 0 Å². The smallest absolute Gasteiger partial charge is 1.00 e. The summed E-state index contributed by atoms with van der Waals surface area (Å²) in [6, 6.07) is 0. The molecule has 0 aliphatic rings. The fourth-order valence-corrected chi connectivity index (χ4v) is 4.65. The van der Waals surface area contributed by atoms with E-state index >= 15 is 0 Å². The van der Waals surface area contributed by atoms with Crippen LogP contribution in [0, 0.1) is 0 Å². The molecule has 0 spiro atoms. The van der Waals surface area contributed by atoms with Crippen LogP contribution in [0.5, 0.6) is 0 Å². The molecule has 0 aliphatic carbocycles. The van der Waals surface area contributed by atoms with Crippen molar-refractivity contribution in [2.45, 2.75) is 175 Å². The van der Waals surface area contributed by atoms with Crippen LogP contribution in [0.1, 0.15) is 170 Å². The Balaban J connectivity index is -0.00000512. The van der Waals surface area contributed by atoms with Gasteiger partial charge in [-0.3, -0.25) is 4.79 Å². The summed E-state index contributed by atoms with van der Waals surface area (Å²) in [6.07, 6.45) is 27.4. The molecular weight excluding hydrogens is 429 g/mol. The number of nitrogens with zero attached hydrogens (tertiary/aromatic N) is 1. The van der Waals surface area contributed by atoms with E-state index in [2.05, 4.69) is 25.7 Å². The van der Waals surface area contributed by atoms with Crippen LogP contribution in [0.15, 0.2) is 0 Å². The molecule has 34 heavy (non-hydrogen) atoms. The van der Waals surface area contributed by atoms with E-state index in [9.17, 15) is 9.90 Å². The zero-order valence-electron chi connectivity index (χ0n) is 25.1. The molecule has 0 radical (unpaired) electrons. The van der Waals surface area contributed by atoms with Gasteiger partial charge < -0.3 is 11.4 Å². The van der Waals surface area contributed by atoms with Gasteiger partial charge >= 0.3 is 29.6 Å². The van der Waals surface area contributed by atoms with Crippen molar-refractivity contribution in [1.82, 2.24) is 4.90 Å². The fraction of sp³-hybridized carbons (Fsp3) is 0.967. The van der Waals surface area contributed by atoms with Crippen molar-refractivity contribution in [3.63, 3.8) is 0 Å². The second-order valence-electron chi connectivity index (χ2n) is 10.4. The molecule has 1 N–H and O–H groups in total. The standard InChI is InChI=1S/C30H61NO2.Na.H/c1-4-7-10-13-14-16-19-24-29(32)25-20-17-15-18-21-26-30(33)31(27-22-11-8-5-2)28-23-12-9-6-3;;/h29,32H,4-28H2,1-3H3;;/q;+1;-1. The first-order valence-electron chi connectivity index (χ1n) is 15.1. The number of rotatable bonds is 26. The third-order valence-corrected chi connectivity index (χ3v) is 6.98. The predicted octanol–water partition coefficient (Wildman–Crippen LogP) is 6.32. The molecule has 0 saturated carbocycles. The molecule has 1 unspecified atom stereocenters. The second kappa shape index (κ2) is 29.7. The summed E-state index contributed by atoms with van der Waals surface area (Å²) in [4.78, 5) is 14.9. The molecule has 3 nitrogen and oxygen atoms in total. The Morgan fingerprint density at radius 3 is 1.38 bits per heavy atom. The number of unbranched alkanes of at least 4 members (excludes halogenated alkanes) is 16. The zero-order chi connectivity index (χ0) is 24.4. The summed E-state index contributed by atoms with van der Waals surface area (Å²) >= 11 is 0. The van der Waals surface area contributed by atoms with Gasteiger partial charge in [0.15, 0.2) is 0 Å². The summed E-state index contributed by atoms with van der Waals surface area (Å²) in [5.74, 6) is 0.383. The number of carbonyl (C=O) groups excluding carboxylic acids is 1. The van der Waals surface area contributed by atoms with Crippen LogP contribution in [0.4, 0.5) is 0 Å². The van der Waals surface area contributed by atoms with Gasteiger partial charge in [-0.2, -0.15) is 0 Å².